The van der Waals surface area contributed by atoms with E-state index in [1.165, 1.54) is 22.0 Å². The van der Waals surface area contributed by atoms with E-state index < -0.39 is 0 Å². The molecule has 0 aliphatic heterocycles. The van der Waals surface area contributed by atoms with Crippen LogP contribution in [-0.4, -0.2) is 11.2 Å². The molecular weight excluding hydrogens is 270 g/mol. The first kappa shape index (κ1) is 14.7. The molecule has 0 unspecified atom stereocenters. The van der Waals surface area contributed by atoms with Crippen LogP contribution in [0.2, 0.25) is 0 Å². The van der Waals surface area contributed by atoms with Gasteiger partial charge in [-0.1, -0.05) is 23.8 Å². The van der Waals surface area contributed by atoms with Crippen LogP contribution in [-0.2, 0) is 6.54 Å². The maximum atomic E-state index is 5.80. The van der Waals surface area contributed by atoms with Crippen molar-refractivity contribution >= 4 is 10.9 Å². The summed E-state index contributed by atoms with van der Waals surface area (Å²) in [6.45, 7) is 6.05. The topological polar surface area (TPSA) is 14.2 Å². The van der Waals surface area contributed by atoms with Crippen LogP contribution in [0.4, 0.5) is 0 Å². The Balaban J connectivity index is 1.48. The Morgan fingerprint density at radius 3 is 2.64 bits per heavy atom. The Kier molecular flexibility index (Phi) is 4.47. The van der Waals surface area contributed by atoms with Gasteiger partial charge in [0.1, 0.15) is 5.75 Å². The van der Waals surface area contributed by atoms with E-state index in [0.29, 0.717) is 0 Å². The number of fused-ring (bicyclic) bond motifs is 1. The van der Waals surface area contributed by atoms with Gasteiger partial charge in [-0.25, -0.2) is 0 Å². The summed E-state index contributed by atoms with van der Waals surface area (Å²) < 4.78 is 8.13. The zero-order valence-electron chi connectivity index (χ0n) is 13.4. The highest BCUT2D eigenvalue weighted by molar-refractivity contribution is 5.80. The molecule has 2 heteroatoms. The molecular formula is C20H23NO. The van der Waals surface area contributed by atoms with Crippen molar-refractivity contribution < 1.29 is 4.74 Å². The van der Waals surface area contributed by atoms with Gasteiger partial charge in [-0.3, -0.25) is 0 Å². The van der Waals surface area contributed by atoms with Crippen LogP contribution in [0.25, 0.3) is 10.9 Å². The molecule has 3 aromatic rings. The van der Waals surface area contributed by atoms with Crippen LogP contribution in [0.3, 0.4) is 0 Å². The third-order valence-electron chi connectivity index (χ3n) is 3.98. The summed E-state index contributed by atoms with van der Waals surface area (Å²) in [7, 11) is 0. The number of aryl methyl sites for hydroxylation is 3. The highest BCUT2D eigenvalue weighted by Crippen LogP contribution is 2.18. The van der Waals surface area contributed by atoms with Gasteiger partial charge in [0.15, 0.2) is 0 Å². The SMILES string of the molecule is Cc1cccc(OCCCCn2ccc3cc(C)ccc32)c1. The van der Waals surface area contributed by atoms with Crippen LogP contribution in [0.5, 0.6) is 5.75 Å². The maximum absolute atomic E-state index is 5.80. The van der Waals surface area contributed by atoms with Gasteiger partial charge in [0.2, 0.25) is 0 Å². The van der Waals surface area contributed by atoms with Crippen molar-refractivity contribution in [2.24, 2.45) is 0 Å². The Bertz CT molecular complexity index is 757. The van der Waals surface area contributed by atoms with Crippen molar-refractivity contribution in [2.75, 3.05) is 6.61 Å². The summed E-state index contributed by atoms with van der Waals surface area (Å²) in [5.74, 6) is 0.974. The van der Waals surface area contributed by atoms with Crippen molar-refractivity contribution in [1.29, 1.82) is 0 Å². The first-order chi connectivity index (χ1) is 10.7. The highest BCUT2D eigenvalue weighted by atomic mass is 16.5. The van der Waals surface area contributed by atoms with Crippen LogP contribution in [0, 0.1) is 13.8 Å². The van der Waals surface area contributed by atoms with E-state index in [0.717, 1.165) is 31.7 Å². The molecule has 0 N–H and O–H groups in total. The summed E-state index contributed by atoms with van der Waals surface area (Å²) >= 11 is 0. The minimum Gasteiger partial charge on any atom is -0.494 e. The number of nitrogens with zero attached hydrogens (tertiary/aromatic N) is 1. The number of aromatic nitrogens is 1. The molecule has 0 bridgehead atoms. The molecule has 0 aliphatic carbocycles. The van der Waals surface area contributed by atoms with E-state index in [9.17, 15) is 0 Å². The van der Waals surface area contributed by atoms with Gasteiger partial charge >= 0.3 is 0 Å². The fraction of sp³-hybridized carbons (Fsp3) is 0.300. The lowest BCUT2D eigenvalue weighted by atomic mass is 10.2. The number of rotatable bonds is 6. The molecule has 0 spiro atoms. The maximum Gasteiger partial charge on any atom is 0.119 e. The highest BCUT2D eigenvalue weighted by Gasteiger charge is 2.01. The van der Waals surface area contributed by atoms with Gasteiger partial charge in [-0.05, 0) is 68.0 Å². The number of hydrogen-bond acceptors (Lipinski definition) is 1. The Morgan fingerprint density at radius 1 is 0.909 bits per heavy atom. The zero-order valence-corrected chi connectivity index (χ0v) is 13.4. The first-order valence-electron chi connectivity index (χ1n) is 7.97. The van der Waals surface area contributed by atoms with Crippen LogP contribution >= 0.6 is 0 Å². The molecule has 22 heavy (non-hydrogen) atoms. The van der Waals surface area contributed by atoms with E-state index in [4.69, 9.17) is 4.74 Å². The van der Waals surface area contributed by atoms with Crippen molar-refractivity contribution in [1.82, 2.24) is 4.57 Å². The zero-order chi connectivity index (χ0) is 15.4. The minimum atomic E-state index is 0.780. The third-order valence-corrected chi connectivity index (χ3v) is 3.98. The molecule has 1 heterocycles. The second-order valence-corrected chi connectivity index (χ2v) is 5.94. The molecule has 2 aromatic carbocycles. The molecule has 0 saturated heterocycles. The predicted molar refractivity (Wildman–Crippen MR) is 92.6 cm³/mol. The van der Waals surface area contributed by atoms with Crippen molar-refractivity contribution in [2.45, 2.75) is 33.2 Å². The summed E-state index contributed by atoms with van der Waals surface area (Å²) in [4.78, 5) is 0. The van der Waals surface area contributed by atoms with E-state index in [1.807, 2.05) is 12.1 Å². The van der Waals surface area contributed by atoms with Gasteiger partial charge in [0.25, 0.3) is 0 Å². The summed E-state index contributed by atoms with van der Waals surface area (Å²) in [5, 5.41) is 1.33. The summed E-state index contributed by atoms with van der Waals surface area (Å²) in [6.07, 6.45) is 4.38. The molecule has 2 nitrogen and oxygen atoms in total. The number of benzene rings is 2. The molecule has 0 atom stereocenters. The molecule has 0 aliphatic rings. The Morgan fingerprint density at radius 2 is 1.77 bits per heavy atom. The quantitative estimate of drug-likeness (QED) is 0.575. The molecule has 0 fully saturated rings. The fourth-order valence-electron chi connectivity index (χ4n) is 2.79. The molecule has 0 saturated carbocycles. The van der Waals surface area contributed by atoms with Gasteiger partial charge in [0.05, 0.1) is 6.61 Å². The normalized spacial score (nSPS) is 11.0. The number of ether oxygens (including phenoxy) is 1. The summed E-state index contributed by atoms with van der Waals surface area (Å²) in [5.41, 5.74) is 3.88. The van der Waals surface area contributed by atoms with Crippen molar-refractivity contribution in [3.05, 3.63) is 65.9 Å². The van der Waals surface area contributed by atoms with E-state index >= 15 is 0 Å². The summed E-state index contributed by atoms with van der Waals surface area (Å²) in [6, 6.07) is 17.1. The second kappa shape index (κ2) is 6.69. The molecule has 1 aromatic heterocycles. The molecule has 0 amide bonds. The molecule has 114 valence electrons. The Labute approximate surface area is 132 Å². The smallest absolute Gasteiger partial charge is 0.119 e. The van der Waals surface area contributed by atoms with Crippen LogP contribution in [0.15, 0.2) is 54.7 Å². The van der Waals surface area contributed by atoms with Gasteiger partial charge in [0, 0.05) is 18.3 Å². The van der Waals surface area contributed by atoms with Crippen LogP contribution in [0.1, 0.15) is 24.0 Å². The molecule has 0 radical (unpaired) electrons. The lowest BCUT2D eigenvalue weighted by molar-refractivity contribution is 0.303. The molecule has 3 rings (SSSR count). The third kappa shape index (κ3) is 3.51. The largest absolute Gasteiger partial charge is 0.494 e. The standard InChI is InChI=1S/C20H23NO/c1-16-6-5-7-19(15-16)22-13-4-3-11-21-12-10-18-14-17(2)8-9-20(18)21/h5-10,12,14-15H,3-4,11,13H2,1-2H3. The van der Waals surface area contributed by atoms with Crippen molar-refractivity contribution in [3.8, 4) is 5.75 Å². The number of unbranched alkanes of at least 4 members (excludes halogenated alkanes) is 1. The van der Waals surface area contributed by atoms with Crippen LogP contribution < -0.4 is 4.74 Å². The second-order valence-electron chi connectivity index (χ2n) is 5.94. The average Bonchev–Trinajstić information content (AvgIpc) is 2.89. The number of hydrogen-bond donors (Lipinski definition) is 0. The minimum absolute atomic E-state index is 0.780. The first-order valence-corrected chi connectivity index (χ1v) is 7.97. The lowest BCUT2D eigenvalue weighted by Crippen LogP contribution is -2.01. The predicted octanol–water partition coefficient (Wildman–Crippen LogP) is 5.12. The van der Waals surface area contributed by atoms with Gasteiger partial charge in [-0.2, -0.15) is 0 Å². The van der Waals surface area contributed by atoms with E-state index in [2.05, 4.69) is 61.0 Å². The van der Waals surface area contributed by atoms with Crippen molar-refractivity contribution in [3.63, 3.8) is 0 Å². The Hall–Kier alpha value is -2.22. The van der Waals surface area contributed by atoms with Gasteiger partial charge in [-0.15, -0.1) is 0 Å². The lowest BCUT2D eigenvalue weighted by Gasteiger charge is -2.08. The van der Waals surface area contributed by atoms with Gasteiger partial charge < -0.3 is 9.30 Å². The van der Waals surface area contributed by atoms with E-state index in [1.54, 1.807) is 0 Å². The fourth-order valence-corrected chi connectivity index (χ4v) is 2.79. The monoisotopic (exact) mass is 293 g/mol. The average molecular weight is 293 g/mol. The van der Waals surface area contributed by atoms with E-state index in [-0.39, 0.29) is 0 Å².